The number of carbonyl (C=O) groups excluding carboxylic acids is 1. The molecule has 0 saturated carbocycles. The summed E-state index contributed by atoms with van der Waals surface area (Å²) >= 11 is 0. The number of nitrogens with one attached hydrogen (secondary N) is 1. The number of unbranched alkanes of at least 4 members (excludes halogenated alkanes) is 1. The molecule has 23 heavy (non-hydrogen) atoms. The van der Waals surface area contributed by atoms with E-state index in [9.17, 15) is 9.18 Å². The lowest BCUT2D eigenvalue weighted by atomic mass is 10.1. The molecule has 0 aliphatic rings. The highest BCUT2D eigenvalue weighted by Gasteiger charge is 2.20. The Labute approximate surface area is 137 Å². The maximum atomic E-state index is 13.5. The van der Waals surface area contributed by atoms with Crippen molar-refractivity contribution in [2.45, 2.75) is 52.2 Å². The van der Waals surface area contributed by atoms with Gasteiger partial charge in [0.25, 0.3) is 0 Å². The standard InChI is InChI=1S/C17H27FN2O3/c1-12(20-16(21)23-17(2,3)4)14-11-13(18)7-8-15(14)22-10-6-5-9-19/h7-8,11-12H,5-6,9-10,19H2,1-4H3,(H,20,21). The van der Waals surface area contributed by atoms with Crippen molar-refractivity contribution in [3.05, 3.63) is 29.6 Å². The van der Waals surface area contributed by atoms with Crippen molar-refractivity contribution in [1.29, 1.82) is 0 Å². The van der Waals surface area contributed by atoms with Gasteiger partial charge in [-0.1, -0.05) is 0 Å². The summed E-state index contributed by atoms with van der Waals surface area (Å²) in [5.41, 5.74) is 5.43. The topological polar surface area (TPSA) is 73.6 Å². The monoisotopic (exact) mass is 326 g/mol. The second-order valence-corrected chi connectivity index (χ2v) is 6.39. The van der Waals surface area contributed by atoms with Gasteiger partial charge in [-0.05, 0) is 65.3 Å². The van der Waals surface area contributed by atoms with E-state index < -0.39 is 17.7 Å². The molecule has 1 unspecified atom stereocenters. The molecule has 0 bridgehead atoms. The van der Waals surface area contributed by atoms with Crippen LogP contribution in [0.5, 0.6) is 5.75 Å². The van der Waals surface area contributed by atoms with Crippen LogP contribution in [0.1, 0.15) is 52.1 Å². The normalized spacial score (nSPS) is 12.6. The Morgan fingerprint density at radius 1 is 1.35 bits per heavy atom. The number of hydrogen-bond acceptors (Lipinski definition) is 4. The molecular weight excluding hydrogens is 299 g/mol. The van der Waals surface area contributed by atoms with Crippen molar-refractivity contribution in [2.75, 3.05) is 13.2 Å². The summed E-state index contributed by atoms with van der Waals surface area (Å²) in [5, 5.41) is 2.69. The first-order valence-electron chi connectivity index (χ1n) is 7.85. The molecule has 0 aliphatic carbocycles. The third-order valence-electron chi connectivity index (χ3n) is 3.03. The molecular formula is C17H27FN2O3. The maximum absolute atomic E-state index is 13.5. The van der Waals surface area contributed by atoms with Crippen LogP contribution in [0.15, 0.2) is 18.2 Å². The quantitative estimate of drug-likeness (QED) is 0.752. The Balaban J connectivity index is 2.75. The first-order chi connectivity index (χ1) is 10.7. The van der Waals surface area contributed by atoms with Crippen LogP contribution in [-0.4, -0.2) is 24.8 Å². The van der Waals surface area contributed by atoms with Crippen LogP contribution in [0.25, 0.3) is 0 Å². The highest BCUT2D eigenvalue weighted by atomic mass is 19.1. The molecule has 0 saturated heterocycles. The highest BCUT2D eigenvalue weighted by molar-refractivity contribution is 5.68. The van der Waals surface area contributed by atoms with E-state index in [1.54, 1.807) is 33.8 Å². The molecule has 0 spiro atoms. The van der Waals surface area contributed by atoms with Gasteiger partial charge in [0.1, 0.15) is 17.2 Å². The van der Waals surface area contributed by atoms with E-state index in [1.807, 2.05) is 0 Å². The molecule has 1 aromatic rings. The number of ether oxygens (including phenoxy) is 2. The molecule has 1 amide bonds. The van der Waals surface area contributed by atoms with E-state index in [-0.39, 0.29) is 5.82 Å². The average molecular weight is 326 g/mol. The second-order valence-electron chi connectivity index (χ2n) is 6.39. The average Bonchev–Trinajstić information content (AvgIpc) is 2.42. The van der Waals surface area contributed by atoms with Gasteiger partial charge in [-0.15, -0.1) is 0 Å². The minimum absolute atomic E-state index is 0.382. The number of benzene rings is 1. The van der Waals surface area contributed by atoms with Gasteiger partial charge in [0.05, 0.1) is 12.6 Å². The zero-order chi connectivity index (χ0) is 17.5. The van der Waals surface area contributed by atoms with E-state index in [4.69, 9.17) is 15.2 Å². The molecule has 1 aromatic carbocycles. The molecule has 0 fully saturated rings. The third kappa shape index (κ3) is 7.32. The summed E-state index contributed by atoms with van der Waals surface area (Å²) in [6, 6.07) is 3.83. The van der Waals surface area contributed by atoms with E-state index in [2.05, 4.69) is 5.32 Å². The first-order valence-corrected chi connectivity index (χ1v) is 7.85. The van der Waals surface area contributed by atoms with Gasteiger partial charge >= 0.3 is 6.09 Å². The Hall–Kier alpha value is -1.82. The number of hydrogen-bond donors (Lipinski definition) is 2. The minimum Gasteiger partial charge on any atom is -0.493 e. The predicted octanol–water partition coefficient (Wildman–Crippen LogP) is 3.53. The maximum Gasteiger partial charge on any atom is 0.408 e. The lowest BCUT2D eigenvalue weighted by Crippen LogP contribution is -2.34. The van der Waals surface area contributed by atoms with Crippen molar-refractivity contribution in [3.8, 4) is 5.75 Å². The molecule has 1 atom stereocenters. The number of nitrogens with two attached hydrogens (primary N) is 1. The lowest BCUT2D eigenvalue weighted by Gasteiger charge is -2.23. The minimum atomic E-state index is -0.590. The third-order valence-corrected chi connectivity index (χ3v) is 3.03. The van der Waals surface area contributed by atoms with Crippen LogP contribution in [-0.2, 0) is 4.74 Å². The smallest absolute Gasteiger partial charge is 0.408 e. The number of rotatable bonds is 7. The SMILES string of the molecule is CC(NC(=O)OC(C)(C)C)c1cc(F)ccc1OCCCCN. The van der Waals surface area contributed by atoms with Crippen molar-refractivity contribution >= 4 is 6.09 Å². The van der Waals surface area contributed by atoms with Crippen LogP contribution in [0.4, 0.5) is 9.18 Å². The summed E-state index contributed by atoms with van der Waals surface area (Å²) in [5.74, 6) is 0.166. The number of carbonyl (C=O) groups is 1. The second kappa shape index (κ2) is 8.72. The van der Waals surface area contributed by atoms with E-state index in [0.29, 0.717) is 24.5 Å². The molecule has 5 nitrogen and oxygen atoms in total. The Morgan fingerprint density at radius 3 is 2.65 bits per heavy atom. The molecule has 3 N–H and O–H groups in total. The van der Waals surface area contributed by atoms with Crippen molar-refractivity contribution in [3.63, 3.8) is 0 Å². The fourth-order valence-corrected chi connectivity index (χ4v) is 1.98. The van der Waals surface area contributed by atoms with Gasteiger partial charge in [-0.2, -0.15) is 0 Å². The predicted molar refractivity (Wildman–Crippen MR) is 88.0 cm³/mol. The van der Waals surface area contributed by atoms with E-state index in [0.717, 1.165) is 12.8 Å². The molecule has 0 aromatic heterocycles. The number of alkyl carbamates (subject to hydrolysis) is 1. The van der Waals surface area contributed by atoms with E-state index >= 15 is 0 Å². The van der Waals surface area contributed by atoms with Gasteiger partial charge in [-0.25, -0.2) is 9.18 Å². The van der Waals surface area contributed by atoms with Gasteiger partial charge in [0.15, 0.2) is 0 Å². The number of halogens is 1. The van der Waals surface area contributed by atoms with Crippen LogP contribution in [0.2, 0.25) is 0 Å². The van der Waals surface area contributed by atoms with Crippen molar-refractivity contribution < 1.29 is 18.7 Å². The largest absolute Gasteiger partial charge is 0.493 e. The summed E-state index contributed by atoms with van der Waals surface area (Å²) in [4.78, 5) is 11.9. The molecule has 0 radical (unpaired) electrons. The van der Waals surface area contributed by atoms with E-state index in [1.165, 1.54) is 12.1 Å². The Kier molecular flexibility index (Phi) is 7.29. The fraction of sp³-hybridized carbons (Fsp3) is 0.588. The summed E-state index contributed by atoms with van der Waals surface area (Å²) in [7, 11) is 0. The zero-order valence-corrected chi connectivity index (χ0v) is 14.3. The Bertz CT molecular complexity index is 515. The van der Waals surface area contributed by atoms with Crippen LogP contribution >= 0.6 is 0 Å². The lowest BCUT2D eigenvalue weighted by molar-refractivity contribution is 0.0507. The van der Waals surface area contributed by atoms with Crippen molar-refractivity contribution in [1.82, 2.24) is 5.32 Å². The summed E-state index contributed by atoms with van der Waals surface area (Å²) in [6.45, 7) is 8.21. The van der Waals surface area contributed by atoms with Crippen molar-refractivity contribution in [2.24, 2.45) is 5.73 Å². The molecule has 0 heterocycles. The highest BCUT2D eigenvalue weighted by Crippen LogP contribution is 2.26. The molecule has 130 valence electrons. The van der Waals surface area contributed by atoms with Crippen LogP contribution in [0.3, 0.4) is 0 Å². The molecule has 0 aliphatic heterocycles. The summed E-state index contributed by atoms with van der Waals surface area (Å²) in [6.07, 6.45) is 1.13. The molecule has 1 rings (SSSR count). The first kappa shape index (κ1) is 19.2. The van der Waals surface area contributed by atoms with Gasteiger partial charge < -0.3 is 20.5 Å². The van der Waals surface area contributed by atoms with Gasteiger partial charge in [0, 0.05) is 5.56 Å². The van der Waals surface area contributed by atoms with Crippen LogP contribution in [0, 0.1) is 5.82 Å². The number of amides is 1. The van der Waals surface area contributed by atoms with Gasteiger partial charge in [0.2, 0.25) is 0 Å². The Morgan fingerprint density at radius 2 is 2.04 bits per heavy atom. The van der Waals surface area contributed by atoms with Gasteiger partial charge in [-0.3, -0.25) is 0 Å². The zero-order valence-electron chi connectivity index (χ0n) is 14.3. The molecule has 6 heteroatoms. The summed E-state index contributed by atoms with van der Waals surface area (Å²) < 4.78 is 24.4. The fourth-order valence-electron chi connectivity index (χ4n) is 1.98. The van der Waals surface area contributed by atoms with Crippen LogP contribution < -0.4 is 15.8 Å².